The van der Waals surface area contributed by atoms with Gasteiger partial charge < -0.3 is 15.4 Å². The molecule has 25 heavy (non-hydrogen) atoms. The molecule has 1 aromatic carbocycles. The lowest BCUT2D eigenvalue weighted by Gasteiger charge is -2.59. The summed E-state index contributed by atoms with van der Waals surface area (Å²) in [4.78, 5) is 14.7. The van der Waals surface area contributed by atoms with Crippen LogP contribution < -0.4 is 10.6 Å². The number of nitrogens with zero attached hydrogens (tertiary/aromatic N) is 2. The maximum absolute atomic E-state index is 10.8. The van der Waals surface area contributed by atoms with E-state index in [1.54, 1.807) is 26.3 Å². The Morgan fingerprint density at radius 1 is 1.44 bits per heavy atom. The Bertz CT molecular complexity index is 651. The van der Waals surface area contributed by atoms with Crippen LogP contribution in [0.15, 0.2) is 29.3 Å². The van der Waals surface area contributed by atoms with Gasteiger partial charge in [-0.3, -0.25) is 15.1 Å². The average molecular weight is 462 g/mol. The zero-order valence-corrected chi connectivity index (χ0v) is 17.7. The Balaban J connectivity index is 0.00000312. The molecule has 0 amide bonds. The van der Waals surface area contributed by atoms with Crippen molar-refractivity contribution in [1.82, 2.24) is 10.6 Å². The van der Waals surface area contributed by atoms with Gasteiger partial charge in [0, 0.05) is 44.3 Å². The van der Waals surface area contributed by atoms with Gasteiger partial charge in [0.1, 0.15) is 0 Å². The molecule has 0 saturated heterocycles. The minimum absolute atomic E-state index is 0. The quantitative estimate of drug-likeness (QED) is 0.231. The van der Waals surface area contributed by atoms with Crippen molar-refractivity contribution in [3.05, 3.63) is 39.9 Å². The van der Waals surface area contributed by atoms with Gasteiger partial charge in [0.2, 0.25) is 0 Å². The third kappa shape index (κ3) is 4.41. The molecule has 0 radical (unpaired) electrons. The smallest absolute Gasteiger partial charge is 0.269 e. The van der Waals surface area contributed by atoms with E-state index >= 15 is 0 Å². The van der Waals surface area contributed by atoms with Crippen LogP contribution in [0, 0.1) is 15.5 Å². The number of hydrogen-bond donors (Lipinski definition) is 2. The fourth-order valence-corrected chi connectivity index (χ4v) is 3.05. The van der Waals surface area contributed by atoms with Crippen LogP contribution in [0.25, 0.3) is 0 Å². The van der Waals surface area contributed by atoms with Crippen molar-refractivity contribution in [1.29, 1.82) is 0 Å². The van der Waals surface area contributed by atoms with Gasteiger partial charge in [-0.05, 0) is 18.9 Å². The van der Waals surface area contributed by atoms with E-state index < -0.39 is 0 Å². The second-order valence-corrected chi connectivity index (χ2v) is 6.91. The number of rotatable bonds is 5. The molecule has 2 rings (SSSR count). The molecule has 1 aliphatic rings. The van der Waals surface area contributed by atoms with Gasteiger partial charge in [-0.1, -0.05) is 26.0 Å². The van der Waals surface area contributed by atoms with Crippen LogP contribution in [0.3, 0.4) is 0 Å². The molecule has 1 aliphatic carbocycles. The third-order valence-corrected chi connectivity index (χ3v) is 5.39. The summed E-state index contributed by atoms with van der Waals surface area (Å²) < 4.78 is 5.64. The van der Waals surface area contributed by atoms with Crippen molar-refractivity contribution in [2.24, 2.45) is 10.4 Å². The Morgan fingerprint density at radius 2 is 2.12 bits per heavy atom. The number of ether oxygens (including phenoxy) is 1. The number of halogens is 1. The van der Waals surface area contributed by atoms with E-state index in [-0.39, 0.29) is 51.6 Å². The summed E-state index contributed by atoms with van der Waals surface area (Å²) in [6.07, 6.45) is 0.897. The molecule has 2 N–H and O–H groups in total. The summed E-state index contributed by atoms with van der Waals surface area (Å²) in [5.41, 5.74) is 0.754. The molecule has 0 spiro atoms. The highest BCUT2D eigenvalue weighted by Gasteiger charge is 2.58. The number of non-ortho nitro benzene ring substituents is 1. The second kappa shape index (κ2) is 8.31. The molecule has 1 saturated carbocycles. The molecule has 140 valence electrons. The second-order valence-electron chi connectivity index (χ2n) is 6.91. The number of benzene rings is 1. The lowest BCUT2D eigenvalue weighted by atomic mass is 9.56. The fourth-order valence-electron chi connectivity index (χ4n) is 3.05. The van der Waals surface area contributed by atoms with Gasteiger partial charge in [-0.2, -0.15) is 0 Å². The van der Waals surface area contributed by atoms with E-state index in [2.05, 4.69) is 36.4 Å². The van der Waals surface area contributed by atoms with Crippen LogP contribution in [0.1, 0.15) is 32.8 Å². The van der Waals surface area contributed by atoms with Crippen molar-refractivity contribution >= 4 is 35.6 Å². The van der Waals surface area contributed by atoms with Crippen molar-refractivity contribution in [3.63, 3.8) is 0 Å². The molecule has 1 aromatic rings. The average Bonchev–Trinajstić information content (AvgIpc) is 2.57. The van der Waals surface area contributed by atoms with Crippen LogP contribution >= 0.6 is 24.0 Å². The van der Waals surface area contributed by atoms with E-state index in [0.29, 0.717) is 12.5 Å². The summed E-state index contributed by atoms with van der Waals surface area (Å²) in [7, 11) is 3.46. The first kappa shape index (κ1) is 21.6. The van der Waals surface area contributed by atoms with Crippen LogP contribution in [0.4, 0.5) is 5.69 Å². The zero-order valence-electron chi connectivity index (χ0n) is 15.3. The third-order valence-electron chi connectivity index (χ3n) is 5.39. The molecule has 0 aliphatic heterocycles. The summed E-state index contributed by atoms with van der Waals surface area (Å²) in [6, 6.07) is 6.83. The standard InChI is InChI=1S/C17H26N4O3.HI/c1-16(2)14(10-17(16,3)24-5)20-15(18-4)19-11-12-7-6-8-13(9-12)21(22)23;/h6-9,14H,10-11H2,1-5H3,(H2,18,19,20);1H. The number of nitro benzene ring substituents is 1. The number of nitro groups is 1. The van der Waals surface area contributed by atoms with E-state index in [0.717, 1.165) is 12.0 Å². The Hall–Kier alpha value is -1.42. The number of nitrogens with one attached hydrogen (secondary N) is 2. The molecule has 1 fully saturated rings. The highest BCUT2D eigenvalue weighted by molar-refractivity contribution is 14.0. The molecular weight excluding hydrogens is 435 g/mol. The molecule has 0 heterocycles. The van der Waals surface area contributed by atoms with Gasteiger partial charge >= 0.3 is 0 Å². The first-order chi connectivity index (χ1) is 11.2. The Kier molecular flexibility index (Phi) is 7.18. The Morgan fingerprint density at radius 3 is 2.64 bits per heavy atom. The molecular formula is C17H27IN4O3. The number of guanidine groups is 1. The van der Waals surface area contributed by atoms with E-state index in [1.165, 1.54) is 6.07 Å². The van der Waals surface area contributed by atoms with Crippen molar-refractivity contribution < 1.29 is 9.66 Å². The van der Waals surface area contributed by atoms with Crippen LogP contribution in [0.2, 0.25) is 0 Å². The van der Waals surface area contributed by atoms with Gasteiger partial charge in [0.15, 0.2) is 5.96 Å². The molecule has 0 bridgehead atoms. The maximum Gasteiger partial charge on any atom is 0.269 e. The molecule has 2 unspecified atom stereocenters. The number of methoxy groups -OCH3 is 1. The first-order valence-electron chi connectivity index (χ1n) is 7.99. The van der Waals surface area contributed by atoms with E-state index in [1.807, 2.05) is 6.07 Å². The minimum Gasteiger partial charge on any atom is -0.378 e. The highest BCUT2D eigenvalue weighted by Crippen LogP contribution is 2.51. The molecule has 7 nitrogen and oxygen atoms in total. The largest absolute Gasteiger partial charge is 0.378 e. The van der Waals surface area contributed by atoms with Crippen LogP contribution in [-0.4, -0.2) is 36.7 Å². The topological polar surface area (TPSA) is 88.8 Å². The van der Waals surface area contributed by atoms with Crippen molar-refractivity contribution in [3.8, 4) is 0 Å². The maximum atomic E-state index is 10.8. The van der Waals surface area contributed by atoms with E-state index in [9.17, 15) is 10.1 Å². The monoisotopic (exact) mass is 462 g/mol. The summed E-state index contributed by atoms with van der Waals surface area (Å²) in [5, 5.41) is 17.5. The summed E-state index contributed by atoms with van der Waals surface area (Å²) in [6.45, 7) is 6.93. The number of aliphatic imine (C=N–C) groups is 1. The van der Waals surface area contributed by atoms with Crippen molar-refractivity contribution in [2.45, 2.75) is 45.4 Å². The summed E-state index contributed by atoms with van der Waals surface area (Å²) >= 11 is 0. The SMILES string of the molecule is CN=C(NCc1cccc([N+](=O)[O-])c1)NC1CC(C)(OC)C1(C)C.I. The van der Waals surface area contributed by atoms with Crippen molar-refractivity contribution in [2.75, 3.05) is 14.2 Å². The lowest BCUT2D eigenvalue weighted by Crippen LogP contribution is -2.69. The predicted octanol–water partition coefficient (Wildman–Crippen LogP) is 3.08. The van der Waals surface area contributed by atoms with Crippen LogP contribution in [-0.2, 0) is 11.3 Å². The highest BCUT2D eigenvalue weighted by atomic mass is 127. The van der Waals surface area contributed by atoms with Crippen LogP contribution in [0.5, 0.6) is 0 Å². The Labute approximate surface area is 165 Å². The van der Waals surface area contributed by atoms with Gasteiger partial charge in [-0.25, -0.2) is 0 Å². The summed E-state index contributed by atoms with van der Waals surface area (Å²) in [5.74, 6) is 0.678. The molecule has 8 heteroatoms. The van der Waals surface area contributed by atoms with Gasteiger partial charge in [0.25, 0.3) is 5.69 Å². The molecule has 2 atom stereocenters. The minimum atomic E-state index is -0.390. The number of hydrogen-bond acceptors (Lipinski definition) is 4. The van der Waals surface area contributed by atoms with Gasteiger partial charge in [-0.15, -0.1) is 24.0 Å². The molecule has 0 aromatic heterocycles. The lowest BCUT2D eigenvalue weighted by molar-refractivity contribution is -0.384. The predicted molar refractivity (Wildman–Crippen MR) is 109 cm³/mol. The van der Waals surface area contributed by atoms with Gasteiger partial charge in [0.05, 0.1) is 10.5 Å². The normalized spacial score (nSPS) is 24.7. The zero-order chi connectivity index (χ0) is 18.0. The fraction of sp³-hybridized carbons (Fsp3) is 0.588. The van der Waals surface area contributed by atoms with E-state index in [4.69, 9.17) is 4.74 Å². The first-order valence-corrected chi connectivity index (χ1v) is 7.99.